The van der Waals surface area contributed by atoms with Crippen molar-refractivity contribution < 1.29 is 0 Å². The van der Waals surface area contributed by atoms with Crippen LogP contribution in [0.2, 0.25) is 0 Å². The van der Waals surface area contributed by atoms with Gasteiger partial charge in [0.2, 0.25) is 0 Å². The van der Waals surface area contributed by atoms with E-state index in [0.717, 1.165) is 11.0 Å². The van der Waals surface area contributed by atoms with Crippen LogP contribution in [0.4, 0.5) is 5.69 Å². The van der Waals surface area contributed by atoms with Gasteiger partial charge in [0.1, 0.15) is 0 Å². The lowest BCUT2D eigenvalue weighted by Crippen LogP contribution is -1.92. The maximum Gasteiger partial charge on any atom is 0.0636 e. The third-order valence-corrected chi connectivity index (χ3v) is 4.61. The zero-order valence-electron chi connectivity index (χ0n) is 7.71. The molecule has 0 atom stereocenters. The minimum Gasteiger partial charge on any atom is -0.397 e. The molecule has 1 aromatic carbocycles. The molecule has 14 heavy (non-hydrogen) atoms. The van der Waals surface area contributed by atoms with Gasteiger partial charge in [0.05, 0.1) is 10.4 Å². The third kappa shape index (κ3) is 1.55. The maximum atomic E-state index is 6.12. The third-order valence-electron chi connectivity index (χ3n) is 2.15. The van der Waals surface area contributed by atoms with Crippen LogP contribution in [-0.4, -0.2) is 6.26 Å². The molecule has 0 fully saturated rings. The number of hydrogen-bond acceptors (Lipinski definition) is 3. The van der Waals surface area contributed by atoms with Gasteiger partial charge in [0, 0.05) is 10.2 Å². The van der Waals surface area contributed by atoms with Gasteiger partial charge in [-0.05, 0) is 34.7 Å². The van der Waals surface area contributed by atoms with Crippen molar-refractivity contribution in [2.45, 2.75) is 10.2 Å². The first-order valence-electron chi connectivity index (χ1n) is 4.16. The Kier molecular flexibility index (Phi) is 3.04. The second-order valence-electron chi connectivity index (χ2n) is 2.96. The molecular weight excluding hydrogens is 278 g/mol. The fourth-order valence-electron chi connectivity index (χ4n) is 1.52. The lowest BCUT2D eigenvalue weighted by Gasteiger charge is -2.08. The molecule has 0 bridgehead atoms. The van der Waals surface area contributed by atoms with Crippen LogP contribution in [0.1, 0.15) is 5.56 Å². The van der Waals surface area contributed by atoms with Crippen LogP contribution < -0.4 is 5.73 Å². The number of nitrogens with two attached hydrogens (primary N) is 1. The van der Waals surface area contributed by atoms with Crippen LogP contribution in [0.3, 0.4) is 0 Å². The van der Waals surface area contributed by atoms with Crippen LogP contribution >= 0.6 is 39.0 Å². The Balaban J connectivity index is 2.79. The van der Waals surface area contributed by atoms with E-state index in [2.05, 4.69) is 39.7 Å². The van der Waals surface area contributed by atoms with E-state index in [1.54, 1.807) is 23.1 Å². The molecule has 0 aliphatic rings. The summed E-state index contributed by atoms with van der Waals surface area (Å²) in [4.78, 5) is 1.21. The first-order valence-corrected chi connectivity index (χ1v) is 7.39. The monoisotopic (exact) mass is 287 g/mol. The molecule has 0 unspecified atom stereocenters. The highest BCUT2D eigenvalue weighted by molar-refractivity contribution is 9.08. The molecule has 74 valence electrons. The SMILES string of the molecule is CSc1c(CBr)cc2ccsc2c1N. The molecule has 0 spiro atoms. The number of fused-ring (bicyclic) bond motifs is 1. The Hall–Kier alpha value is -0.190. The molecule has 4 heteroatoms. The van der Waals surface area contributed by atoms with Gasteiger partial charge < -0.3 is 5.73 Å². The van der Waals surface area contributed by atoms with Gasteiger partial charge in [-0.2, -0.15) is 0 Å². The summed E-state index contributed by atoms with van der Waals surface area (Å²) in [5.41, 5.74) is 8.33. The lowest BCUT2D eigenvalue weighted by atomic mass is 10.1. The Morgan fingerprint density at radius 1 is 1.57 bits per heavy atom. The number of halogens is 1. The molecule has 2 rings (SSSR count). The van der Waals surface area contributed by atoms with E-state index in [4.69, 9.17) is 5.73 Å². The summed E-state index contributed by atoms with van der Waals surface area (Å²) in [6.07, 6.45) is 2.07. The van der Waals surface area contributed by atoms with Crippen LogP contribution in [0.15, 0.2) is 22.4 Å². The zero-order chi connectivity index (χ0) is 10.1. The Labute approximate surface area is 99.8 Å². The average molecular weight is 288 g/mol. The molecule has 0 radical (unpaired) electrons. The van der Waals surface area contributed by atoms with E-state index in [9.17, 15) is 0 Å². The summed E-state index contributed by atoms with van der Waals surface area (Å²) < 4.78 is 1.21. The molecule has 2 aromatic rings. The second kappa shape index (κ2) is 4.13. The molecule has 1 heterocycles. The van der Waals surface area contributed by atoms with E-state index in [1.807, 2.05) is 0 Å². The molecule has 0 aliphatic heterocycles. The summed E-state index contributed by atoms with van der Waals surface area (Å²) >= 11 is 6.92. The molecule has 2 N–H and O–H groups in total. The maximum absolute atomic E-state index is 6.12. The smallest absolute Gasteiger partial charge is 0.0636 e. The topological polar surface area (TPSA) is 26.0 Å². The number of rotatable bonds is 2. The van der Waals surface area contributed by atoms with Gasteiger partial charge in [0.25, 0.3) is 0 Å². The number of benzene rings is 1. The number of thiophene rings is 1. The fourth-order valence-corrected chi connectivity index (χ4v) is 3.77. The summed E-state index contributed by atoms with van der Waals surface area (Å²) in [7, 11) is 0. The van der Waals surface area contributed by atoms with Gasteiger partial charge in [-0.25, -0.2) is 0 Å². The summed E-state index contributed by atoms with van der Waals surface area (Å²) in [6.45, 7) is 0. The van der Waals surface area contributed by atoms with Crippen molar-refractivity contribution in [3.8, 4) is 0 Å². The molecule has 1 aromatic heterocycles. The highest BCUT2D eigenvalue weighted by Gasteiger charge is 2.10. The number of anilines is 1. The van der Waals surface area contributed by atoms with Crippen LogP contribution in [-0.2, 0) is 5.33 Å². The highest BCUT2D eigenvalue weighted by Crippen LogP contribution is 2.37. The number of thioether (sulfide) groups is 1. The first-order chi connectivity index (χ1) is 6.77. The van der Waals surface area contributed by atoms with Crippen molar-refractivity contribution in [2.24, 2.45) is 0 Å². The van der Waals surface area contributed by atoms with Crippen LogP contribution in [0.5, 0.6) is 0 Å². The largest absolute Gasteiger partial charge is 0.397 e. The summed E-state index contributed by atoms with van der Waals surface area (Å²) in [5, 5.41) is 4.20. The van der Waals surface area contributed by atoms with Crippen LogP contribution in [0, 0.1) is 0 Å². The van der Waals surface area contributed by atoms with Gasteiger partial charge >= 0.3 is 0 Å². The van der Waals surface area contributed by atoms with Crippen molar-refractivity contribution in [1.29, 1.82) is 0 Å². The van der Waals surface area contributed by atoms with E-state index < -0.39 is 0 Å². The van der Waals surface area contributed by atoms with Crippen molar-refractivity contribution >= 4 is 54.8 Å². The molecule has 0 saturated heterocycles. The fraction of sp³-hybridized carbons (Fsp3) is 0.200. The number of nitrogen functional groups attached to an aromatic ring is 1. The quantitative estimate of drug-likeness (QED) is 0.511. The van der Waals surface area contributed by atoms with Gasteiger partial charge in [-0.3, -0.25) is 0 Å². The predicted octanol–water partition coefficient (Wildman–Crippen LogP) is 4.10. The van der Waals surface area contributed by atoms with Gasteiger partial charge in [0.15, 0.2) is 0 Å². The highest BCUT2D eigenvalue weighted by atomic mass is 79.9. The van der Waals surface area contributed by atoms with E-state index in [0.29, 0.717) is 0 Å². The normalized spacial score (nSPS) is 11.0. The molecule has 0 amide bonds. The average Bonchev–Trinajstić information content (AvgIpc) is 2.65. The van der Waals surface area contributed by atoms with Gasteiger partial charge in [-0.1, -0.05) is 15.9 Å². The van der Waals surface area contributed by atoms with Crippen molar-refractivity contribution in [1.82, 2.24) is 0 Å². The van der Waals surface area contributed by atoms with Crippen LogP contribution in [0.25, 0.3) is 10.1 Å². The summed E-state index contributed by atoms with van der Waals surface area (Å²) in [5.74, 6) is 0. The van der Waals surface area contributed by atoms with Crippen molar-refractivity contribution in [3.63, 3.8) is 0 Å². The Morgan fingerprint density at radius 2 is 2.36 bits per heavy atom. The zero-order valence-corrected chi connectivity index (χ0v) is 10.9. The standard InChI is InChI=1S/C10H10BrNS2/c1-13-9-7(5-11)4-6-2-3-14-10(6)8(9)12/h2-4H,5,12H2,1H3. The van der Waals surface area contributed by atoms with E-state index in [1.165, 1.54) is 20.5 Å². The molecular formula is C10H10BrNS2. The molecule has 0 saturated carbocycles. The second-order valence-corrected chi connectivity index (χ2v) is 5.25. The first kappa shape index (κ1) is 10.3. The molecule has 0 aliphatic carbocycles. The van der Waals surface area contributed by atoms with Crippen molar-refractivity contribution in [2.75, 3.05) is 12.0 Å². The predicted molar refractivity (Wildman–Crippen MR) is 70.6 cm³/mol. The Morgan fingerprint density at radius 3 is 3.00 bits per heavy atom. The van der Waals surface area contributed by atoms with Gasteiger partial charge in [-0.15, -0.1) is 23.1 Å². The Bertz CT molecular complexity index is 464. The number of alkyl halides is 1. The summed E-state index contributed by atoms with van der Waals surface area (Å²) in [6, 6.07) is 4.33. The number of hydrogen-bond donors (Lipinski definition) is 1. The van der Waals surface area contributed by atoms with Crippen molar-refractivity contribution in [3.05, 3.63) is 23.1 Å². The minimum atomic E-state index is 0.860. The van der Waals surface area contributed by atoms with E-state index in [-0.39, 0.29) is 0 Å². The molecule has 1 nitrogen and oxygen atoms in total. The lowest BCUT2D eigenvalue weighted by molar-refractivity contribution is 1.32. The van der Waals surface area contributed by atoms with E-state index >= 15 is 0 Å². The minimum absolute atomic E-state index is 0.860.